The number of carbonyl (C=O) groups is 1. The highest BCUT2D eigenvalue weighted by Gasteiger charge is 2.25. The molecule has 0 bridgehead atoms. The van der Waals surface area contributed by atoms with Gasteiger partial charge in [-0.25, -0.2) is 0 Å². The summed E-state index contributed by atoms with van der Waals surface area (Å²) in [6, 6.07) is 7.48. The Hall–Kier alpha value is -1.55. The van der Waals surface area contributed by atoms with Gasteiger partial charge in [-0.3, -0.25) is 9.69 Å². The number of hydrogen-bond acceptors (Lipinski definition) is 3. The maximum Gasteiger partial charge on any atom is 0.223 e. The lowest BCUT2D eigenvalue weighted by Gasteiger charge is -2.22. The second-order valence-corrected chi connectivity index (χ2v) is 7.14. The Morgan fingerprint density at radius 2 is 2.04 bits per heavy atom. The maximum atomic E-state index is 12.2. The van der Waals surface area contributed by atoms with Crippen LogP contribution in [0.25, 0.3) is 0 Å². The number of carbonyl (C=O) groups excluding carboxylic acids is 1. The molecule has 0 unspecified atom stereocenters. The van der Waals surface area contributed by atoms with Crippen molar-refractivity contribution in [1.82, 2.24) is 10.2 Å². The van der Waals surface area contributed by atoms with Crippen LogP contribution in [-0.2, 0) is 11.3 Å². The van der Waals surface area contributed by atoms with Crippen LogP contribution in [0.2, 0.25) is 0 Å². The van der Waals surface area contributed by atoms with Crippen molar-refractivity contribution in [3.05, 3.63) is 29.8 Å². The third-order valence-corrected chi connectivity index (χ3v) is 5.23. The molecule has 1 atom stereocenters. The quantitative estimate of drug-likeness (QED) is 0.878. The lowest BCUT2D eigenvalue weighted by Crippen LogP contribution is -2.36. The summed E-state index contributed by atoms with van der Waals surface area (Å²) in [4.78, 5) is 14.6. The largest absolute Gasteiger partial charge is 0.508 e. The summed E-state index contributed by atoms with van der Waals surface area (Å²) in [5.41, 5.74) is 1.15. The Morgan fingerprint density at radius 1 is 1.22 bits per heavy atom. The van der Waals surface area contributed by atoms with Crippen molar-refractivity contribution in [1.29, 1.82) is 0 Å². The van der Waals surface area contributed by atoms with Crippen molar-refractivity contribution in [3.63, 3.8) is 0 Å². The fourth-order valence-electron chi connectivity index (χ4n) is 3.89. The molecular weight excluding hydrogens is 288 g/mol. The monoisotopic (exact) mass is 316 g/mol. The highest BCUT2D eigenvalue weighted by Crippen LogP contribution is 2.24. The molecule has 1 aromatic rings. The van der Waals surface area contributed by atoms with Crippen molar-refractivity contribution >= 4 is 5.91 Å². The fraction of sp³-hybridized carbons (Fsp3) is 0.632. The highest BCUT2D eigenvalue weighted by molar-refractivity contribution is 5.78. The minimum absolute atomic E-state index is 0.258. The van der Waals surface area contributed by atoms with E-state index in [4.69, 9.17) is 0 Å². The number of aromatic hydroxyl groups is 1. The molecule has 1 aliphatic heterocycles. The SMILES string of the molecule is O=C(NC[C@@H]1CCN(Cc2cccc(O)c2)C1)C1CCCCC1. The van der Waals surface area contributed by atoms with E-state index < -0.39 is 0 Å². The van der Waals surface area contributed by atoms with Gasteiger partial charge in [-0.15, -0.1) is 0 Å². The zero-order valence-electron chi connectivity index (χ0n) is 13.8. The van der Waals surface area contributed by atoms with Gasteiger partial charge in [0.2, 0.25) is 5.91 Å². The van der Waals surface area contributed by atoms with E-state index in [1.807, 2.05) is 12.1 Å². The number of hydrogen-bond donors (Lipinski definition) is 2. The molecule has 1 saturated carbocycles. The summed E-state index contributed by atoms with van der Waals surface area (Å²) in [6.45, 7) is 3.79. The van der Waals surface area contributed by atoms with E-state index in [2.05, 4.69) is 16.3 Å². The van der Waals surface area contributed by atoms with Crippen LogP contribution in [0.1, 0.15) is 44.1 Å². The van der Waals surface area contributed by atoms with E-state index in [0.717, 1.165) is 51.0 Å². The van der Waals surface area contributed by atoms with Crippen LogP contribution < -0.4 is 5.32 Å². The van der Waals surface area contributed by atoms with Gasteiger partial charge in [0.05, 0.1) is 0 Å². The van der Waals surface area contributed by atoms with Gasteiger partial charge in [0.25, 0.3) is 0 Å². The second-order valence-electron chi connectivity index (χ2n) is 7.14. The number of nitrogens with one attached hydrogen (secondary N) is 1. The lowest BCUT2D eigenvalue weighted by molar-refractivity contribution is -0.126. The van der Waals surface area contributed by atoms with Crippen molar-refractivity contribution in [3.8, 4) is 5.75 Å². The van der Waals surface area contributed by atoms with Crippen molar-refractivity contribution in [2.45, 2.75) is 45.1 Å². The predicted molar refractivity (Wildman–Crippen MR) is 91.1 cm³/mol. The molecule has 0 spiro atoms. The summed E-state index contributed by atoms with van der Waals surface area (Å²) in [7, 11) is 0. The van der Waals surface area contributed by atoms with E-state index in [1.54, 1.807) is 6.07 Å². The lowest BCUT2D eigenvalue weighted by atomic mass is 9.88. The smallest absolute Gasteiger partial charge is 0.223 e. The predicted octanol–water partition coefficient (Wildman–Crippen LogP) is 2.91. The fourth-order valence-corrected chi connectivity index (χ4v) is 3.89. The highest BCUT2D eigenvalue weighted by atomic mass is 16.3. The normalized spacial score (nSPS) is 23.0. The minimum atomic E-state index is 0.258. The van der Waals surface area contributed by atoms with Crippen LogP contribution in [0.4, 0.5) is 0 Å². The average molecular weight is 316 g/mol. The van der Waals surface area contributed by atoms with E-state index in [9.17, 15) is 9.90 Å². The zero-order chi connectivity index (χ0) is 16.1. The van der Waals surface area contributed by atoms with Gasteiger partial charge in [-0.1, -0.05) is 31.4 Å². The molecule has 4 heteroatoms. The van der Waals surface area contributed by atoms with Crippen molar-refractivity contribution in [2.24, 2.45) is 11.8 Å². The van der Waals surface area contributed by atoms with Gasteiger partial charge in [0.1, 0.15) is 5.75 Å². The number of rotatable bonds is 5. The topological polar surface area (TPSA) is 52.6 Å². The number of benzene rings is 1. The van der Waals surface area contributed by atoms with Crippen molar-refractivity contribution < 1.29 is 9.90 Å². The van der Waals surface area contributed by atoms with Crippen molar-refractivity contribution in [2.75, 3.05) is 19.6 Å². The molecule has 2 N–H and O–H groups in total. The van der Waals surface area contributed by atoms with Crippen LogP contribution in [0, 0.1) is 11.8 Å². The van der Waals surface area contributed by atoms with Crippen LogP contribution >= 0.6 is 0 Å². The summed E-state index contributed by atoms with van der Waals surface area (Å²) in [5.74, 6) is 1.42. The zero-order valence-corrected chi connectivity index (χ0v) is 13.8. The van der Waals surface area contributed by atoms with Crippen LogP contribution in [0.5, 0.6) is 5.75 Å². The molecule has 1 heterocycles. The Bertz CT molecular complexity index is 526. The molecule has 1 amide bonds. The van der Waals surface area contributed by atoms with Gasteiger partial charge in [0.15, 0.2) is 0 Å². The Morgan fingerprint density at radius 3 is 2.83 bits per heavy atom. The molecule has 1 saturated heterocycles. The van der Waals surface area contributed by atoms with Crippen LogP contribution in [-0.4, -0.2) is 35.5 Å². The third kappa shape index (κ3) is 4.71. The number of phenolic OH excluding ortho intramolecular Hbond substituents is 1. The van der Waals surface area contributed by atoms with Gasteiger partial charge in [0, 0.05) is 25.6 Å². The van der Waals surface area contributed by atoms with E-state index in [-0.39, 0.29) is 11.8 Å². The van der Waals surface area contributed by atoms with Gasteiger partial charge in [-0.05, 0) is 49.4 Å². The first-order valence-electron chi connectivity index (χ1n) is 8.98. The van der Waals surface area contributed by atoms with E-state index in [0.29, 0.717) is 11.7 Å². The Kier molecular flexibility index (Phi) is 5.55. The first-order valence-corrected chi connectivity index (χ1v) is 8.98. The second kappa shape index (κ2) is 7.82. The molecule has 1 aromatic carbocycles. The first-order chi connectivity index (χ1) is 11.2. The van der Waals surface area contributed by atoms with Crippen LogP contribution in [0.3, 0.4) is 0 Å². The molecular formula is C19H28N2O2. The third-order valence-electron chi connectivity index (χ3n) is 5.23. The minimum Gasteiger partial charge on any atom is -0.508 e. The molecule has 3 rings (SSSR count). The molecule has 0 aromatic heterocycles. The van der Waals surface area contributed by atoms with Crippen LogP contribution in [0.15, 0.2) is 24.3 Å². The molecule has 23 heavy (non-hydrogen) atoms. The number of amides is 1. The summed E-state index contributed by atoms with van der Waals surface area (Å²) >= 11 is 0. The standard InChI is InChI=1S/C19H28N2O2/c22-18-8-4-5-15(11-18)13-21-10-9-16(14-21)12-20-19(23)17-6-2-1-3-7-17/h4-5,8,11,16-17,22H,1-3,6-7,9-10,12-14H2,(H,20,23)/t16-/m0/s1. The summed E-state index contributed by atoms with van der Waals surface area (Å²) < 4.78 is 0. The molecule has 4 nitrogen and oxygen atoms in total. The molecule has 2 aliphatic rings. The molecule has 126 valence electrons. The number of likely N-dealkylation sites (tertiary alicyclic amines) is 1. The van der Waals surface area contributed by atoms with E-state index >= 15 is 0 Å². The van der Waals surface area contributed by atoms with E-state index in [1.165, 1.54) is 19.3 Å². The Balaban J connectivity index is 1.40. The summed E-state index contributed by atoms with van der Waals surface area (Å²) in [5, 5.41) is 12.7. The van der Waals surface area contributed by atoms with Gasteiger partial charge < -0.3 is 10.4 Å². The Labute approximate surface area is 138 Å². The summed E-state index contributed by atoms with van der Waals surface area (Å²) in [6.07, 6.45) is 6.98. The molecule has 2 fully saturated rings. The number of phenols is 1. The van der Waals surface area contributed by atoms with Gasteiger partial charge in [-0.2, -0.15) is 0 Å². The number of nitrogens with zero attached hydrogens (tertiary/aromatic N) is 1. The van der Waals surface area contributed by atoms with Gasteiger partial charge >= 0.3 is 0 Å². The maximum absolute atomic E-state index is 12.2. The molecule has 1 aliphatic carbocycles. The molecule has 0 radical (unpaired) electrons. The average Bonchev–Trinajstić information content (AvgIpc) is 3.01. The first kappa shape index (κ1) is 16.3.